The number of carbonyl (C=O) groups excluding carboxylic acids is 2. The number of ether oxygens (including phenoxy) is 11. The van der Waals surface area contributed by atoms with Crippen molar-refractivity contribution >= 4 is 17.8 Å². The van der Waals surface area contributed by atoms with E-state index in [9.17, 15) is 111 Å². The zero-order chi connectivity index (χ0) is 58.0. The molecule has 12 unspecified atom stereocenters. The van der Waals surface area contributed by atoms with E-state index in [2.05, 4.69) is 10.6 Å². The van der Waals surface area contributed by atoms with Gasteiger partial charge in [-0.15, -0.1) is 0 Å². The fourth-order valence-electron chi connectivity index (χ4n) is 9.96. The van der Waals surface area contributed by atoms with Crippen molar-refractivity contribution in [2.45, 2.75) is 217 Å². The quantitative estimate of drug-likeness (QED) is 0.0538. The second kappa shape index (κ2) is 27.1. The first kappa shape index (κ1) is 64.4. The molecule has 6 aliphatic rings. The number of carbonyl (C=O) groups is 3. The molecule has 452 valence electrons. The van der Waals surface area contributed by atoms with Crippen molar-refractivity contribution in [2.75, 3.05) is 33.0 Å². The Hall–Kier alpha value is -2.75. The Morgan fingerprint density at radius 1 is 0.526 bits per heavy atom. The van der Waals surface area contributed by atoms with Gasteiger partial charge in [-0.05, 0) is 6.92 Å². The minimum atomic E-state index is -3.25. The molecule has 6 heterocycles. The van der Waals surface area contributed by atoms with Crippen LogP contribution in [0.5, 0.6) is 0 Å². The van der Waals surface area contributed by atoms with E-state index in [4.69, 9.17) is 52.1 Å². The summed E-state index contributed by atoms with van der Waals surface area (Å²) in [4.78, 5) is 38.4. The number of amides is 2. The van der Waals surface area contributed by atoms with Crippen molar-refractivity contribution in [1.29, 1.82) is 0 Å². The maximum Gasteiger partial charge on any atom is 0.364 e. The Labute approximate surface area is 441 Å². The topological polar surface area (TPSA) is 561 Å². The van der Waals surface area contributed by atoms with Crippen LogP contribution in [-0.4, -0.2) is 338 Å². The van der Waals surface area contributed by atoms with E-state index in [0.29, 0.717) is 0 Å². The highest BCUT2D eigenvalue weighted by atomic mass is 16.8. The predicted octanol–water partition coefficient (Wildman–Crippen LogP) is -13.6. The largest absolute Gasteiger partial charge is 0.477 e. The zero-order valence-corrected chi connectivity index (χ0v) is 41.8. The average molecular weight is 1150 g/mol. The highest BCUT2D eigenvalue weighted by molar-refractivity contribution is 5.76. The molecule has 0 aromatic heterocycles. The monoisotopic (exact) mass is 1140 g/mol. The van der Waals surface area contributed by atoms with Gasteiger partial charge in [0.05, 0.1) is 51.3 Å². The first-order chi connectivity index (χ1) is 36.7. The lowest BCUT2D eigenvalue weighted by Crippen LogP contribution is -2.72. The molecule has 21 N–H and O–H groups in total. The molecule has 6 fully saturated rings. The molecule has 35 heteroatoms. The second-order valence-corrected chi connectivity index (χ2v) is 19.6. The number of aliphatic hydroxyl groups excluding tert-OH is 18. The lowest BCUT2D eigenvalue weighted by atomic mass is 9.88. The van der Waals surface area contributed by atoms with E-state index in [1.54, 1.807) is 0 Å². The number of carboxylic acids is 1. The van der Waals surface area contributed by atoms with Gasteiger partial charge in [0, 0.05) is 20.3 Å². The summed E-state index contributed by atoms with van der Waals surface area (Å²) >= 11 is 0. The molecule has 0 radical (unpaired) electrons. The molecule has 0 aromatic carbocycles. The van der Waals surface area contributed by atoms with E-state index in [1.165, 1.54) is 6.92 Å². The number of rotatable bonds is 20. The van der Waals surface area contributed by atoms with Crippen molar-refractivity contribution < 1.29 is 164 Å². The average Bonchev–Trinajstić information content (AvgIpc) is 3.43. The lowest BCUT2D eigenvalue weighted by molar-refractivity contribution is -0.399. The number of carboxylic acid groups (broad SMARTS) is 1. The summed E-state index contributed by atoms with van der Waals surface area (Å²) in [5, 5.41) is 209. The van der Waals surface area contributed by atoms with Crippen LogP contribution >= 0.6 is 0 Å². The summed E-state index contributed by atoms with van der Waals surface area (Å²) in [6.07, 6.45) is -58.2. The van der Waals surface area contributed by atoms with Gasteiger partial charge in [-0.3, -0.25) is 9.59 Å². The Morgan fingerprint density at radius 3 is 1.54 bits per heavy atom. The normalized spacial score (nSPS) is 48.1. The van der Waals surface area contributed by atoms with Crippen molar-refractivity contribution in [3.63, 3.8) is 0 Å². The van der Waals surface area contributed by atoms with E-state index in [-0.39, 0.29) is 0 Å². The molecule has 0 aliphatic carbocycles. The van der Waals surface area contributed by atoms with E-state index in [1.807, 2.05) is 0 Å². The highest BCUT2D eigenvalue weighted by Crippen LogP contribution is 2.40. The summed E-state index contributed by atoms with van der Waals surface area (Å²) in [5.74, 6) is -7.15. The van der Waals surface area contributed by atoms with Gasteiger partial charge in [0.15, 0.2) is 31.5 Å². The third-order valence-electron chi connectivity index (χ3n) is 14.2. The summed E-state index contributed by atoms with van der Waals surface area (Å²) in [5.41, 5.74) is 0. The molecule has 78 heavy (non-hydrogen) atoms. The minimum Gasteiger partial charge on any atom is -0.477 e. The third kappa shape index (κ3) is 13.5. The summed E-state index contributed by atoms with van der Waals surface area (Å²) in [7, 11) is 0. The first-order valence-corrected chi connectivity index (χ1v) is 24.6. The Kier molecular flexibility index (Phi) is 22.4. The van der Waals surface area contributed by atoms with Crippen LogP contribution in [0, 0.1) is 0 Å². The highest BCUT2D eigenvalue weighted by Gasteiger charge is 2.62. The molecule has 0 aromatic rings. The maximum absolute atomic E-state index is 13.2. The Balaban J connectivity index is 1.37. The standard InChI is InChI=1S/C43H72N2O33/c1-10-21(55)25(59)28(62)39(68-10)75-34-20(45-12(3)52)38(76-35-23(57)15(6-47)70-40(29(35)63)73-31-17(8-49)69-37(65)27(61)26(31)60)72-18(9-50)32(34)74-41-30(64)36(24(58)16(7-48)71-41)78-43(42(66)67)4-13(53)19(44-11(2)51)33(77-43)22(56)14(54)5-46/h10,13-41,46-50,53-65H,4-9H2,1-3H3,(H,44,51)(H,45,52)(H,66,67)/t10?,13-,14-,15?,16?,17?,18?,19-,20+,21-,22-,23+,24+,25?,26?,27+,28+,29+,30+,31-,32-,33?,34?,35?,36?,37?,38+,39+,40+,41+,43+/m1/s1. The number of hydrogen-bond donors (Lipinski definition) is 21. The molecule has 0 saturated carbocycles. The van der Waals surface area contributed by atoms with Gasteiger partial charge >= 0.3 is 5.97 Å². The molecule has 6 rings (SSSR count). The van der Waals surface area contributed by atoms with Crippen molar-refractivity contribution in [3.8, 4) is 0 Å². The SMILES string of the molecule is CC(=O)N[C@H]1C(O[C@@H]2OC(C)[C@@H](O)C(O)[C@@H]2O)[C@H](O[C@@H]2OC(CO)[C@H](O)C(O[C@]3(C(=O)O)C[C@@H](O)[C@@H](NC(C)=O)C([C@H](O)[C@H](O)CO)O3)[C@@H]2O)C(CO)O[C@H]1OC1[C@@H](O)C(CO)O[C@@H](O[C@@H]2C(CO)OC(O)[C@@H](O)C2O)[C@H]1O. The zero-order valence-electron chi connectivity index (χ0n) is 41.8. The van der Waals surface area contributed by atoms with Crippen LogP contribution in [0.25, 0.3) is 0 Å². The van der Waals surface area contributed by atoms with Crippen LogP contribution in [0.15, 0.2) is 0 Å². The molecule has 35 nitrogen and oxygen atoms in total. The van der Waals surface area contributed by atoms with Gasteiger partial charge in [-0.1, -0.05) is 0 Å². The third-order valence-corrected chi connectivity index (χ3v) is 14.2. The van der Waals surface area contributed by atoms with Crippen molar-refractivity contribution in [2.24, 2.45) is 0 Å². The van der Waals surface area contributed by atoms with Gasteiger partial charge in [0.2, 0.25) is 11.8 Å². The summed E-state index contributed by atoms with van der Waals surface area (Å²) in [6.45, 7) is -2.35. The van der Waals surface area contributed by atoms with Gasteiger partial charge in [0.25, 0.3) is 5.79 Å². The fraction of sp³-hybridized carbons (Fsp3) is 0.930. The van der Waals surface area contributed by atoms with Crippen molar-refractivity contribution in [3.05, 3.63) is 0 Å². The Morgan fingerprint density at radius 2 is 1.00 bits per heavy atom. The first-order valence-electron chi connectivity index (χ1n) is 24.6. The van der Waals surface area contributed by atoms with Gasteiger partial charge in [-0.2, -0.15) is 0 Å². The predicted molar refractivity (Wildman–Crippen MR) is 238 cm³/mol. The van der Waals surface area contributed by atoms with Crippen LogP contribution < -0.4 is 10.6 Å². The van der Waals surface area contributed by atoms with Crippen LogP contribution in [0.1, 0.15) is 27.2 Å². The van der Waals surface area contributed by atoms with Gasteiger partial charge in [0.1, 0.15) is 134 Å². The number of aliphatic hydroxyl groups is 18. The maximum atomic E-state index is 13.2. The number of hydrogen-bond acceptors (Lipinski definition) is 32. The molecule has 0 bridgehead atoms. The van der Waals surface area contributed by atoms with Crippen molar-refractivity contribution in [1.82, 2.24) is 10.6 Å². The van der Waals surface area contributed by atoms with Crippen LogP contribution in [0.2, 0.25) is 0 Å². The van der Waals surface area contributed by atoms with E-state index in [0.717, 1.165) is 13.8 Å². The second-order valence-electron chi connectivity index (χ2n) is 19.6. The van der Waals surface area contributed by atoms with Gasteiger partial charge in [-0.25, -0.2) is 4.79 Å². The molecule has 6 aliphatic heterocycles. The Bertz CT molecular complexity index is 1950. The molecular formula is C43H72N2O33. The summed E-state index contributed by atoms with van der Waals surface area (Å²) in [6, 6.07) is -3.64. The number of nitrogens with one attached hydrogen (secondary N) is 2. The molecule has 31 atom stereocenters. The van der Waals surface area contributed by atoms with E-state index >= 15 is 0 Å². The van der Waals surface area contributed by atoms with E-state index < -0.39 is 247 Å². The summed E-state index contributed by atoms with van der Waals surface area (Å²) < 4.78 is 63.6. The fourth-order valence-corrected chi connectivity index (χ4v) is 9.96. The molecule has 2 amide bonds. The van der Waals surface area contributed by atoms with Gasteiger partial charge < -0.3 is 160 Å². The minimum absolute atomic E-state index is 0.841. The van der Waals surface area contributed by atoms with Crippen LogP contribution in [0.3, 0.4) is 0 Å². The lowest BCUT2D eigenvalue weighted by Gasteiger charge is -2.52. The molecular weight excluding hydrogens is 1070 g/mol. The van der Waals surface area contributed by atoms with Crippen LogP contribution in [-0.2, 0) is 66.5 Å². The smallest absolute Gasteiger partial charge is 0.364 e. The molecule has 6 saturated heterocycles. The number of aliphatic carboxylic acids is 1. The van der Waals surface area contributed by atoms with Crippen LogP contribution in [0.4, 0.5) is 0 Å². The molecule has 0 spiro atoms.